The molecule has 3 atom stereocenters. The molecule has 0 unspecified atom stereocenters. The first kappa shape index (κ1) is 29.3. The zero-order chi connectivity index (χ0) is 30.5. The van der Waals surface area contributed by atoms with Crippen LogP contribution in [0, 0.1) is 18.7 Å². The summed E-state index contributed by atoms with van der Waals surface area (Å²) < 4.78 is 45.4. The van der Waals surface area contributed by atoms with E-state index in [0.717, 1.165) is 34.5 Å². The van der Waals surface area contributed by atoms with Gasteiger partial charge in [0.05, 0.1) is 11.4 Å². The minimum atomic E-state index is -3.77. The van der Waals surface area contributed by atoms with Crippen molar-refractivity contribution in [1.82, 2.24) is 14.3 Å². The Morgan fingerprint density at radius 3 is 2.58 bits per heavy atom. The molecule has 224 valence electrons. The Hall–Kier alpha value is -3.82. The molecule has 7 nitrogen and oxygen atoms in total. The molecule has 1 fully saturated rings. The highest BCUT2D eigenvalue weighted by molar-refractivity contribution is 7.89. The van der Waals surface area contributed by atoms with Gasteiger partial charge in [-0.3, -0.25) is 4.79 Å². The van der Waals surface area contributed by atoms with Crippen molar-refractivity contribution in [1.29, 1.82) is 0 Å². The number of imidazole rings is 1. The average molecular weight is 601 g/mol. The summed E-state index contributed by atoms with van der Waals surface area (Å²) in [5.74, 6) is 0.218. The molecule has 1 aromatic heterocycles. The summed E-state index contributed by atoms with van der Waals surface area (Å²) in [6.07, 6.45) is 5.71. The first-order valence-corrected chi connectivity index (χ1v) is 16.2. The van der Waals surface area contributed by atoms with Crippen LogP contribution in [0.2, 0.25) is 0 Å². The van der Waals surface area contributed by atoms with Gasteiger partial charge in [-0.1, -0.05) is 44.2 Å². The Balaban J connectivity index is 1.36. The van der Waals surface area contributed by atoms with E-state index >= 15 is 0 Å². The Labute approximate surface area is 252 Å². The van der Waals surface area contributed by atoms with E-state index in [4.69, 9.17) is 0 Å². The molecule has 1 heterocycles. The second-order valence-electron chi connectivity index (χ2n) is 12.6. The quantitative estimate of drug-likeness (QED) is 0.258. The van der Waals surface area contributed by atoms with Crippen molar-refractivity contribution in [3.8, 4) is 0 Å². The number of anilines is 1. The molecular formula is C34H37FN4O3S. The normalized spacial score (nSPS) is 20.8. The molecule has 0 bridgehead atoms. The number of aryl methyl sites for hydroxylation is 2. The largest absolute Gasteiger partial charge is 0.337 e. The maximum Gasteiger partial charge on any atom is 0.241 e. The summed E-state index contributed by atoms with van der Waals surface area (Å²) in [4.78, 5) is 20.6. The smallest absolute Gasteiger partial charge is 0.241 e. The number of nitrogens with one attached hydrogen (secondary N) is 1. The molecule has 0 aliphatic heterocycles. The van der Waals surface area contributed by atoms with Gasteiger partial charge < -0.3 is 9.47 Å². The van der Waals surface area contributed by atoms with Gasteiger partial charge in [-0.25, -0.2) is 22.5 Å². The Morgan fingerprint density at radius 2 is 1.88 bits per heavy atom. The van der Waals surface area contributed by atoms with E-state index in [0.29, 0.717) is 18.5 Å². The topological polar surface area (TPSA) is 84.3 Å². The van der Waals surface area contributed by atoms with Crippen LogP contribution in [0.5, 0.6) is 0 Å². The Bertz CT molecular complexity index is 1780. The molecule has 9 heteroatoms. The monoisotopic (exact) mass is 600 g/mol. The predicted octanol–water partition coefficient (Wildman–Crippen LogP) is 6.30. The van der Waals surface area contributed by atoms with E-state index < -0.39 is 16.1 Å². The third kappa shape index (κ3) is 5.88. The number of fused-ring (bicyclic) bond motifs is 1. The van der Waals surface area contributed by atoms with Crippen LogP contribution >= 0.6 is 0 Å². The molecule has 43 heavy (non-hydrogen) atoms. The van der Waals surface area contributed by atoms with E-state index in [1.807, 2.05) is 49.0 Å². The summed E-state index contributed by atoms with van der Waals surface area (Å²) in [7, 11) is -1.88. The molecule has 1 N–H and O–H groups in total. The van der Waals surface area contributed by atoms with Crippen molar-refractivity contribution in [2.45, 2.75) is 68.8 Å². The van der Waals surface area contributed by atoms with Crippen LogP contribution in [0.4, 0.5) is 10.1 Å². The lowest BCUT2D eigenvalue weighted by Gasteiger charge is -2.38. The van der Waals surface area contributed by atoms with Crippen molar-refractivity contribution in [3.63, 3.8) is 0 Å². The number of carbonyl (C=O) groups is 1. The number of rotatable bonds is 8. The second kappa shape index (κ2) is 11.0. The fraction of sp³-hybridized carbons (Fsp3) is 0.353. The highest BCUT2D eigenvalue weighted by Gasteiger charge is 2.46. The first-order valence-electron chi connectivity index (χ1n) is 14.7. The van der Waals surface area contributed by atoms with Gasteiger partial charge in [0, 0.05) is 37.1 Å². The number of halogens is 1. The third-order valence-electron chi connectivity index (χ3n) is 9.00. The summed E-state index contributed by atoms with van der Waals surface area (Å²) >= 11 is 0. The van der Waals surface area contributed by atoms with Gasteiger partial charge >= 0.3 is 0 Å². The van der Waals surface area contributed by atoms with Gasteiger partial charge in [-0.2, -0.15) is 0 Å². The highest BCUT2D eigenvalue weighted by Crippen LogP contribution is 2.50. The van der Waals surface area contributed by atoms with Crippen LogP contribution in [0.15, 0.2) is 84.0 Å². The molecule has 4 aromatic rings. The number of hydrogen-bond donors (Lipinski definition) is 1. The summed E-state index contributed by atoms with van der Waals surface area (Å²) in [5, 5.41) is 0. The predicted molar refractivity (Wildman–Crippen MR) is 165 cm³/mol. The molecule has 3 aromatic carbocycles. The van der Waals surface area contributed by atoms with Crippen LogP contribution in [-0.2, 0) is 33.8 Å². The van der Waals surface area contributed by atoms with Gasteiger partial charge in [-0.05, 0) is 96.2 Å². The van der Waals surface area contributed by atoms with E-state index in [1.165, 1.54) is 12.1 Å². The zero-order valence-electron chi connectivity index (χ0n) is 24.9. The van der Waals surface area contributed by atoms with E-state index in [-0.39, 0.29) is 40.4 Å². The van der Waals surface area contributed by atoms with E-state index in [1.54, 1.807) is 41.4 Å². The summed E-state index contributed by atoms with van der Waals surface area (Å²) in [6, 6.07) is 18.8. The molecule has 1 saturated carbocycles. The molecular weight excluding hydrogens is 563 g/mol. The van der Waals surface area contributed by atoms with Crippen LogP contribution in [0.25, 0.3) is 0 Å². The average Bonchev–Trinajstić information content (AvgIpc) is 3.67. The third-order valence-corrected chi connectivity index (χ3v) is 10.5. The van der Waals surface area contributed by atoms with Crippen LogP contribution in [0.3, 0.4) is 0 Å². The summed E-state index contributed by atoms with van der Waals surface area (Å²) in [5.41, 5.74) is 4.33. The standard InChI is InChI=1S/C34H37FN4O3S/c1-22-6-5-7-26(18-22)43(41,42)37-31-14-15-34(2,3)30-13-12-25(19-29(30)31)39(21-32-36-16-17-38(32)4)33(40)28-20-27(28)23-8-10-24(35)11-9-23/h5-13,16-19,27-28,31,37H,14-15,20-21H2,1-4H3/t27-,28+,31+/m0/s1. The van der Waals surface area contributed by atoms with Crippen LogP contribution in [-0.4, -0.2) is 23.9 Å². The lowest BCUT2D eigenvalue weighted by Crippen LogP contribution is -2.37. The maximum atomic E-state index is 14.1. The zero-order valence-corrected chi connectivity index (χ0v) is 25.7. The number of nitrogens with zero attached hydrogens (tertiary/aromatic N) is 3. The lowest BCUT2D eigenvalue weighted by molar-refractivity contribution is -0.120. The molecule has 0 saturated heterocycles. The van der Waals surface area contributed by atoms with Crippen molar-refractivity contribution in [2.24, 2.45) is 13.0 Å². The molecule has 0 spiro atoms. The summed E-state index contributed by atoms with van der Waals surface area (Å²) in [6.45, 7) is 6.49. The molecule has 1 amide bonds. The fourth-order valence-corrected chi connectivity index (χ4v) is 7.67. The number of benzene rings is 3. The molecule has 6 rings (SSSR count). The number of amides is 1. The molecule has 2 aliphatic carbocycles. The van der Waals surface area contributed by atoms with Gasteiger partial charge in [0.15, 0.2) is 0 Å². The van der Waals surface area contributed by atoms with Crippen molar-refractivity contribution in [3.05, 3.63) is 113 Å². The SMILES string of the molecule is Cc1cccc(S(=O)(=O)N[C@@H]2CCC(C)(C)c3ccc(N(Cc4nccn4C)C(=O)[C@@H]4C[C@H]4c4ccc(F)cc4)cc32)c1. The molecule has 2 aliphatic rings. The minimum Gasteiger partial charge on any atom is -0.337 e. The van der Waals surface area contributed by atoms with Gasteiger partial charge in [0.25, 0.3) is 0 Å². The first-order chi connectivity index (χ1) is 20.4. The van der Waals surface area contributed by atoms with Crippen molar-refractivity contribution >= 4 is 21.6 Å². The lowest BCUT2D eigenvalue weighted by atomic mass is 9.71. The maximum absolute atomic E-state index is 14.1. The van der Waals surface area contributed by atoms with Crippen molar-refractivity contribution < 1.29 is 17.6 Å². The van der Waals surface area contributed by atoms with Gasteiger partial charge in [0.2, 0.25) is 15.9 Å². The van der Waals surface area contributed by atoms with E-state index in [2.05, 4.69) is 23.6 Å². The number of carbonyl (C=O) groups excluding carboxylic acids is 1. The van der Waals surface area contributed by atoms with Gasteiger partial charge in [-0.15, -0.1) is 0 Å². The highest BCUT2D eigenvalue weighted by atomic mass is 32.2. The minimum absolute atomic E-state index is 0.0239. The van der Waals surface area contributed by atoms with Crippen LogP contribution in [0.1, 0.15) is 73.1 Å². The Kier molecular flexibility index (Phi) is 7.50. The second-order valence-corrected chi connectivity index (χ2v) is 14.3. The Morgan fingerprint density at radius 1 is 1.12 bits per heavy atom. The van der Waals surface area contributed by atoms with Crippen molar-refractivity contribution in [2.75, 3.05) is 4.90 Å². The van der Waals surface area contributed by atoms with Crippen LogP contribution < -0.4 is 9.62 Å². The van der Waals surface area contributed by atoms with E-state index in [9.17, 15) is 17.6 Å². The number of sulfonamides is 1. The number of hydrogen-bond acceptors (Lipinski definition) is 4. The molecule has 0 radical (unpaired) electrons. The fourth-order valence-electron chi connectivity index (χ4n) is 6.31. The van der Waals surface area contributed by atoms with Gasteiger partial charge in [0.1, 0.15) is 11.6 Å². The number of aromatic nitrogens is 2.